The zero-order chi connectivity index (χ0) is 15.3. The number of sulfonamides is 1. The number of furan rings is 1. The van der Waals surface area contributed by atoms with Gasteiger partial charge >= 0.3 is 0 Å². The van der Waals surface area contributed by atoms with E-state index >= 15 is 0 Å². The molecule has 0 fully saturated rings. The molecule has 2 rings (SSSR count). The summed E-state index contributed by atoms with van der Waals surface area (Å²) in [4.78, 5) is 1.27. The zero-order valence-electron chi connectivity index (χ0n) is 11.6. The van der Waals surface area contributed by atoms with Crippen LogP contribution in [-0.4, -0.2) is 21.5 Å². The lowest BCUT2D eigenvalue weighted by molar-refractivity contribution is 0.506. The van der Waals surface area contributed by atoms with Gasteiger partial charge in [0.2, 0.25) is 10.0 Å². The molecule has 0 saturated carbocycles. The van der Waals surface area contributed by atoms with Crippen molar-refractivity contribution >= 4 is 37.3 Å². The van der Waals surface area contributed by atoms with Crippen molar-refractivity contribution in [3.63, 3.8) is 0 Å². The van der Waals surface area contributed by atoms with Gasteiger partial charge in [0.15, 0.2) is 0 Å². The topological polar surface area (TPSA) is 71.3 Å². The predicted molar refractivity (Wildman–Crippen MR) is 87.0 cm³/mol. The molecule has 21 heavy (non-hydrogen) atoms. The number of nitrogens with one attached hydrogen (secondary N) is 2. The van der Waals surface area contributed by atoms with E-state index in [4.69, 9.17) is 4.42 Å². The Morgan fingerprint density at radius 2 is 2.24 bits per heavy atom. The van der Waals surface area contributed by atoms with Gasteiger partial charge in [-0.1, -0.05) is 6.92 Å². The van der Waals surface area contributed by atoms with Gasteiger partial charge in [-0.25, -0.2) is 13.1 Å². The van der Waals surface area contributed by atoms with Crippen LogP contribution in [0.15, 0.2) is 37.6 Å². The Morgan fingerprint density at radius 1 is 1.43 bits per heavy atom. The summed E-state index contributed by atoms with van der Waals surface area (Å²) in [6, 6.07) is 5.31. The van der Waals surface area contributed by atoms with E-state index < -0.39 is 10.0 Å². The Kier molecular flexibility index (Phi) is 6.00. The van der Waals surface area contributed by atoms with E-state index in [0.717, 1.165) is 17.2 Å². The maximum Gasteiger partial charge on any atom is 0.242 e. The molecular weight excluding hydrogens is 376 g/mol. The summed E-state index contributed by atoms with van der Waals surface area (Å²) in [7, 11) is -3.50. The first-order valence-corrected chi connectivity index (χ1v) is 9.63. The number of hydrogen-bond acceptors (Lipinski definition) is 5. The van der Waals surface area contributed by atoms with Crippen LogP contribution in [0.1, 0.15) is 17.6 Å². The van der Waals surface area contributed by atoms with Gasteiger partial charge in [-0.15, -0.1) is 11.3 Å². The molecule has 0 aliphatic carbocycles. The van der Waals surface area contributed by atoms with E-state index in [0.29, 0.717) is 28.2 Å². The third-order valence-electron chi connectivity index (χ3n) is 2.79. The summed E-state index contributed by atoms with van der Waals surface area (Å²) in [5, 5.41) is 3.18. The molecule has 2 aromatic rings. The second-order valence-electron chi connectivity index (χ2n) is 4.36. The third-order valence-corrected chi connectivity index (χ3v) is 6.50. The van der Waals surface area contributed by atoms with E-state index in [1.165, 1.54) is 11.3 Å². The van der Waals surface area contributed by atoms with Crippen molar-refractivity contribution in [2.45, 2.75) is 24.8 Å². The van der Waals surface area contributed by atoms with Crippen LogP contribution in [0.25, 0.3) is 0 Å². The molecule has 0 saturated heterocycles. The molecule has 2 aromatic heterocycles. The highest BCUT2D eigenvalue weighted by Gasteiger charge is 2.20. The Hall–Kier alpha value is -0.670. The summed E-state index contributed by atoms with van der Waals surface area (Å²) < 4.78 is 33.0. The number of hydrogen-bond donors (Lipinski definition) is 2. The molecule has 116 valence electrons. The monoisotopic (exact) mass is 392 g/mol. The van der Waals surface area contributed by atoms with Crippen LogP contribution in [0.2, 0.25) is 0 Å². The third kappa shape index (κ3) is 4.65. The second kappa shape index (κ2) is 7.55. The molecule has 0 aliphatic heterocycles. The smallest absolute Gasteiger partial charge is 0.242 e. The maximum absolute atomic E-state index is 12.3. The second-order valence-corrected chi connectivity index (χ2v) is 8.55. The molecular formula is C13H17BrN2O3S2. The minimum Gasteiger partial charge on any atom is -0.469 e. The predicted octanol–water partition coefficient (Wildman–Crippen LogP) is 2.73. The van der Waals surface area contributed by atoms with Crippen molar-refractivity contribution < 1.29 is 12.8 Å². The van der Waals surface area contributed by atoms with E-state index in [2.05, 4.69) is 26.0 Å². The fraction of sp³-hybridized carbons (Fsp3) is 0.385. The fourth-order valence-corrected chi connectivity index (χ4v) is 5.44. The number of halogens is 1. The summed E-state index contributed by atoms with van der Waals surface area (Å²) in [6.45, 7) is 3.83. The molecule has 2 heterocycles. The average molecular weight is 393 g/mol. The van der Waals surface area contributed by atoms with Crippen molar-refractivity contribution in [3.05, 3.63) is 38.9 Å². The molecule has 8 heteroatoms. The minimum atomic E-state index is -3.50. The van der Waals surface area contributed by atoms with Gasteiger partial charge in [-0.2, -0.15) is 0 Å². The largest absolute Gasteiger partial charge is 0.469 e. The van der Waals surface area contributed by atoms with Gasteiger partial charge in [0.05, 0.1) is 10.0 Å². The molecule has 0 atom stereocenters. The average Bonchev–Trinajstić information content (AvgIpc) is 3.06. The van der Waals surface area contributed by atoms with Gasteiger partial charge < -0.3 is 9.73 Å². The number of thiophene rings is 1. The van der Waals surface area contributed by atoms with Gasteiger partial charge in [-0.3, -0.25) is 0 Å². The highest BCUT2D eigenvalue weighted by atomic mass is 79.9. The highest BCUT2D eigenvalue weighted by molar-refractivity contribution is 9.11. The van der Waals surface area contributed by atoms with Crippen molar-refractivity contribution in [2.75, 3.05) is 13.1 Å². The molecule has 2 N–H and O–H groups in total. The van der Waals surface area contributed by atoms with Crippen LogP contribution in [0.4, 0.5) is 0 Å². The molecule has 0 radical (unpaired) electrons. The van der Waals surface area contributed by atoms with Crippen LogP contribution in [0, 0.1) is 0 Å². The molecule has 0 aliphatic rings. The van der Waals surface area contributed by atoms with E-state index in [-0.39, 0.29) is 0 Å². The Balaban J connectivity index is 1.99. The van der Waals surface area contributed by atoms with Gasteiger partial charge in [0.1, 0.15) is 10.7 Å². The first-order chi connectivity index (χ1) is 10.0. The quantitative estimate of drug-likeness (QED) is 0.724. The lowest BCUT2D eigenvalue weighted by Gasteiger charge is -2.04. The molecule has 0 aromatic carbocycles. The van der Waals surface area contributed by atoms with Crippen molar-refractivity contribution in [3.8, 4) is 0 Å². The van der Waals surface area contributed by atoms with E-state index in [1.54, 1.807) is 18.4 Å². The summed E-state index contributed by atoms with van der Waals surface area (Å²) in [5.41, 5.74) is 0. The summed E-state index contributed by atoms with van der Waals surface area (Å²) >= 11 is 4.76. The first kappa shape index (κ1) is 16.7. The number of rotatable bonds is 8. The Bertz CT molecular complexity index is 666. The zero-order valence-corrected chi connectivity index (χ0v) is 14.8. The van der Waals surface area contributed by atoms with Crippen LogP contribution >= 0.6 is 27.3 Å². The Morgan fingerprint density at radius 3 is 2.90 bits per heavy atom. The standard InChI is InChI=1S/C13H17BrN2O3S2/c1-2-15-9-11-8-12(13(14)20-11)21(17,18)16-6-5-10-4-3-7-19-10/h3-4,7-8,15-16H,2,5-6,9H2,1H3. The first-order valence-electron chi connectivity index (χ1n) is 6.54. The van der Waals surface area contributed by atoms with E-state index in [1.807, 2.05) is 13.0 Å². The van der Waals surface area contributed by atoms with Gasteiger partial charge in [-0.05, 0) is 40.7 Å². The van der Waals surface area contributed by atoms with Crippen LogP contribution in [0.5, 0.6) is 0 Å². The molecule has 0 amide bonds. The van der Waals surface area contributed by atoms with Crippen LogP contribution < -0.4 is 10.0 Å². The fourth-order valence-electron chi connectivity index (χ4n) is 1.76. The minimum absolute atomic E-state index is 0.292. The molecule has 5 nitrogen and oxygen atoms in total. The molecule has 0 unspecified atom stereocenters. The van der Waals surface area contributed by atoms with Crippen molar-refractivity contribution in [1.82, 2.24) is 10.0 Å². The highest BCUT2D eigenvalue weighted by Crippen LogP contribution is 2.31. The van der Waals surface area contributed by atoms with E-state index in [9.17, 15) is 8.42 Å². The summed E-state index contributed by atoms with van der Waals surface area (Å²) in [5.74, 6) is 0.759. The lowest BCUT2D eigenvalue weighted by atomic mass is 10.3. The Labute approximate surface area is 136 Å². The van der Waals surface area contributed by atoms with Crippen LogP contribution in [0.3, 0.4) is 0 Å². The van der Waals surface area contributed by atoms with Crippen LogP contribution in [-0.2, 0) is 23.0 Å². The SMILES string of the molecule is CCNCc1cc(S(=O)(=O)NCCc2ccco2)c(Br)s1. The lowest BCUT2D eigenvalue weighted by Crippen LogP contribution is -2.25. The maximum atomic E-state index is 12.3. The normalized spacial score (nSPS) is 11.9. The molecule has 0 bridgehead atoms. The van der Waals surface area contributed by atoms with Gasteiger partial charge in [0.25, 0.3) is 0 Å². The summed E-state index contributed by atoms with van der Waals surface area (Å²) in [6.07, 6.45) is 2.10. The van der Waals surface area contributed by atoms with Crippen molar-refractivity contribution in [1.29, 1.82) is 0 Å². The molecule has 0 spiro atoms. The van der Waals surface area contributed by atoms with Gasteiger partial charge in [0, 0.05) is 24.4 Å². The van der Waals surface area contributed by atoms with Crippen molar-refractivity contribution in [2.24, 2.45) is 0 Å².